The summed E-state index contributed by atoms with van der Waals surface area (Å²) in [6.07, 6.45) is -0.999. The average molecular weight is 397 g/mol. The number of pyridine rings is 1. The topological polar surface area (TPSA) is 77.7 Å². The summed E-state index contributed by atoms with van der Waals surface area (Å²) in [5.41, 5.74) is 4.78. The van der Waals surface area contributed by atoms with Crippen molar-refractivity contribution in [2.75, 3.05) is 31.7 Å². The lowest BCUT2D eigenvalue weighted by Gasteiger charge is -2.18. The molecule has 0 aliphatic carbocycles. The number of nitrogens with two attached hydrogens (primary N) is 1. The zero-order valence-corrected chi connectivity index (χ0v) is 15.4. The Kier molecular flexibility index (Phi) is 7.62. The number of alkyl halides is 3. The van der Waals surface area contributed by atoms with Crippen molar-refractivity contribution in [3.05, 3.63) is 48.3 Å². The number of amides is 1. The Morgan fingerprint density at radius 1 is 1.18 bits per heavy atom. The maximum Gasteiger partial charge on any atom is 0.433 e. The molecule has 0 radical (unpaired) electrons. The van der Waals surface area contributed by atoms with Crippen LogP contribution in [0.5, 0.6) is 11.5 Å². The van der Waals surface area contributed by atoms with Crippen LogP contribution in [-0.4, -0.2) is 37.7 Å². The molecule has 2 aromatic rings. The van der Waals surface area contributed by atoms with Crippen LogP contribution in [0.1, 0.15) is 18.5 Å². The second-order valence-electron chi connectivity index (χ2n) is 6.07. The van der Waals surface area contributed by atoms with Crippen molar-refractivity contribution < 1.29 is 27.4 Å². The van der Waals surface area contributed by atoms with Crippen LogP contribution in [0.15, 0.2) is 42.6 Å². The standard InChI is InChI=1S/C16H15F3N2O.C3H7NO2/c17-16(18,19)15-7-6-14(11-20-15)22-13-5-3-4-12(10-13)21-8-1-2-9-21;1-6-2-3(4)5/h3-7,10-11H,1-2,8-9H2;2H2,1H3,(H2,4,5). The molecule has 1 aliphatic heterocycles. The SMILES string of the molecule is COCC(N)=O.FC(F)(F)c1ccc(Oc2cccc(N3CCCC3)c2)cn1. The predicted octanol–water partition coefficient (Wildman–Crippen LogP) is 3.61. The number of aromatic nitrogens is 1. The van der Waals surface area contributed by atoms with Gasteiger partial charge in [0, 0.05) is 32.0 Å². The Balaban J connectivity index is 0.000000409. The number of primary amides is 1. The molecule has 0 unspecified atom stereocenters. The molecule has 1 saturated heterocycles. The summed E-state index contributed by atoms with van der Waals surface area (Å²) in [7, 11) is 1.42. The summed E-state index contributed by atoms with van der Waals surface area (Å²) in [6, 6.07) is 9.74. The number of rotatable bonds is 5. The van der Waals surface area contributed by atoms with Gasteiger partial charge in [0.25, 0.3) is 0 Å². The van der Waals surface area contributed by atoms with Gasteiger partial charge >= 0.3 is 6.18 Å². The number of benzene rings is 1. The highest BCUT2D eigenvalue weighted by Crippen LogP contribution is 2.30. The molecule has 0 spiro atoms. The number of hydrogen-bond acceptors (Lipinski definition) is 5. The molecular formula is C19H22F3N3O3. The van der Waals surface area contributed by atoms with Crippen molar-refractivity contribution in [1.82, 2.24) is 4.98 Å². The van der Waals surface area contributed by atoms with Gasteiger partial charge in [-0.1, -0.05) is 6.07 Å². The Morgan fingerprint density at radius 2 is 1.89 bits per heavy atom. The molecule has 1 aromatic heterocycles. The maximum atomic E-state index is 12.5. The molecule has 2 heterocycles. The summed E-state index contributed by atoms with van der Waals surface area (Å²) in [5.74, 6) is 0.440. The first-order chi connectivity index (χ1) is 13.3. The molecule has 28 heavy (non-hydrogen) atoms. The van der Waals surface area contributed by atoms with Gasteiger partial charge in [0.15, 0.2) is 0 Å². The molecule has 1 amide bonds. The fraction of sp³-hybridized carbons (Fsp3) is 0.368. The van der Waals surface area contributed by atoms with Gasteiger partial charge in [-0.25, -0.2) is 4.98 Å². The summed E-state index contributed by atoms with van der Waals surface area (Å²) in [5, 5.41) is 0. The minimum atomic E-state index is -4.44. The molecule has 1 aliphatic rings. The summed E-state index contributed by atoms with van der Waals surface area (Å²) < 4.78 is 47.3. The van der Waals surface area contributed by atoms with Gasteiger partial charge in [0.1, 0.15) is 23.8 Å². The highest BCUT2D eigenvalue weighted by atomic mass is 19.4. The smallest absolute Gasteiger partial charge is 0.433 e. The lowest BCUT2D eigenvalue weighted by atomic mass is 10.2. The third kappa shape index (κ3) is 6.73. The lowest BCUT2D eigenvalue weighted by Crippen LogP contribution is -2.17. The van der Waals surface area contributed by atoms with Crippen LogP contribution >= 0.6 is 0 Å². The largest absolute Gasteiger partial charge is 0.456 e. The van der Waals surface area contributed by atoms with Crippen molar-refractivity contribution in [3.8, 4) is 11.5 Å². The molecular weight excluding hydrogens is 375 g/mol. The molecule has 152 valence electrons. The third-order valence-electron chi connectivity index (χ3n) is 3.84. The second-order valence-corrected chi connectivity index (χ2v) is 6.07. The number of carbonyl (C=O) groups is 1. The van der Waals surface area contributed by atoms with Gasteiger partial charge in [-0.05, 0) is 37.1 Å². The van der Waals surface area contributed by atoms with Gasteiger partial charge < -0.3 is 20.1 Å². The van der Waals surface area contributed by atoms with E-state index in [0.29, 0.717) is 5.75 Å². The van der Waals surface area contributed by atoms with Crippen LogP contribution < -0.4 is 15.4 Å². The van der Waals surface area contributed by atoms with E-state index in [1.165, 1.54) is 26.0 Å². The van der Waals surface area contributed by atoms with Gasteiger partial charge in [-0.3, -0.25) is 4.79 Å². The highest BCUT2D eigenvalue weighted by molar-refractivity contribution is 5.74. The van der Waals surface area contributed by atoms with Crippen molar-refractivity contribution in [2.45, 2.75) is 19.0 Å². The van der Waals surface area contributed by atoms with Crippen molar-refractivity contribution >= 4 is 11.6 Å². The first kappa shape index (κ1) is 21.5. The Morgan fingerprint density at radius 3 is 2.39 bits per heavy atom. The van der Waals surface area contributed by atoms with Crippen LogP contribution in [0.2, 0.25) is 0 Å². The predicted molar refractivity (Wildman–Crippen MR) is 98.3 cm³/mol. The van der Waals surface area contributed by atoms with Crippen molar-refractivity contribution in [1.29, 1.82) is 0 Å². The minimum Gasteiger partial charge on any atom is -0.456 e. The number of methoxy groups -OCH3 is 1. The Hall–Kier alpha value is -2.81. The number of ether oxygens (including phenoxy) is 2. The average Bonchev–Trinajstić information content (AvgIpc) is 3.17. The van der Waals surface area contributed by atoms with E-state index in [4.69, 9.17) is 4.74 Å². The van der Waals surface area contributed by atoms with Gasteiger partial charge in [0.05, 0.1) is 6.20 Å². The molecule has 0 saturated carbocycles. The van der Waals surface area contributed by atoms with E-state index < -0.39 is 17.8 Å². The number of carbonyl (C=O) groups excluding carboxylic acids is 1. The number of nitrogens with zero attached hydrogens (tertiary/aromatic N) is 2. The normalized spacial score (nSPS) is 13.6. The Bertz CT molecular complexity index is 761. The zero-order valence-electron chi connectivity index (χ0n) is 15.4. The minimum absolute atomic E-state index is 0.0139. The van der Waals surface area contributed by atoms with E-state index in [9.17, 15) is 18.0 Å². The van der Waals surface area contributed by atoms with Crippen LogP contribution in [-0.2, 0) is 15.7 Å². The van der Waals surface area contributed by atoms with E-state index in [0.717, 1.165) is 31.0 Å². The second kappa shape index (κ2) is 9.93. The summed E-state index contributed by atoms with van der Waals surface area (Å²) in [4.78, 5) is 15.3. The van der Waals surface area contributed by atoms with Crippen LogP contribution in [0.3, 0.4) is 0 Å². The van der Waals surface area contributed by atoms with E-state index in [2.05, 4.69) is 20.4 Å². The van der Waals surface area contributed by atoms with E-state index in [1.807, 2.05) is 18.2 Å². The fourth-order valence-corrected chi connectivity index (χ4v) is 2.61. The van der Waals surface area contributed by atoms with Crippen LogP contribution in [0, 0.1) is 0 Å². The summed E-state index contributed by atoms with van der Waals surface area (Å²) in [6.45, 7) is 2.05. The number of hydrogen-bond donors (Lipinski definition) is 1. The third-order valence-corrected chi connectivity index (χ3v) is 3.84. The van der Waals surface area contributed by atoms with Gasteiger partial charge in [0.2, 0.25) is 5.91 Å². The maximum absolute atomic E-state index is 12.5. The summed E-state index contributed by atoms with van der Waals surface area (Å²) >= 11 is 0. The lowest BCUT2D eigenvalue weighted by molar-refractivity contribution is -0.141. The Labute approximate surface area is 161 Å². The van der Waals surface area contributed by atoms with Crippen molar-refractivity contribution in [2.24, 2.45) is 5.73 Å². The molecule has 6 nitrogen and oxygen atoms in total. The van der Waals surface area contributed by atoms with Crippen LogP contribution in [0.25, 0.3) is 0 Å². The van der Waals surface area contributed by atoms with E-state index in [-0.39, 0.29) is 12.4 Å². The first-order valence-electron chi connectivity index (χ1n) is 8.63. The van der Waals surface area contributed by atoms with Gasteiger partial charge in [-0.15, -0.1) is 0 Å². The van der Waals surface area contributed by atoms with E-state index in [1.54, 1.807) is 6.07 Å². The monoisotopic (exact) mass is 397 g/mol. The van der Waals surface area contributed by atoms with Crippen LogP contribution in [0.4, 0.5) is 18.9 Å². The molecule has 3 rings (SSSR count). The van der Waals surface area contributed by atoms with Crippen molar-refractivity contribution in [3.63, 3.8) is 0 Å². The first-order valence-corrected chi connectivity index (χ1v) is 8.63. The quantitative estimate of drug-likeness (QED) is 0.834. The molecule has 1 fully saturated rings. The molecule has 0 bridgehead atoms. The van der Waals surface area contributed by atoms with E-state index >= 15 is 0 Å². The number of anilines is 1. The molecule has 0 atom stereocenters. The molecule has 1 aromatic carbocycles. The molecule has 2 N–H and O–H groups in total. The zero-order chi connectivity index (χ0) is 20.6. The van der Waals surface area contributed by atoms with Gasteiger partial charge in [-0.2, -0.15) is 13.2 Å². The number of halogens is 3. The highest BCUT2D eigenvalue weighted by Gasteiger charge is 2.32. The fourth-order valence-electron chi connectivity index (χ4n) is 2.61. The molecule has 9 heteroatoms.